The van der Waals surface area contributed by atoms with Gasteiger partial charge in [-0.15, -0.1) is 35.3 Å². The second-order valence-corrected chi connectivity index (χ2v) is 8.59. The van der Waals surface area contributed by atoms with Crippen LogP contribution in [0.5, 0.6) is 0 Å². The Morgan fingerprint density at radius 3 is 2.52 bits per heavy atom. The first-order valence-corrected chi connectivity index (χ1v) is 10.8. The number of guanidine groups is 1. The van der Waals surface area contributed by atoms with Crippen LogP contribution in [0.3, 0.4) is 0 Å². The maximum atomic E-state index is 12.8. The molecule has 0 aliphatic heterocycles. The number of aliphatic imine (C=N–C) groups is 1. The molecule has 0 aliphatic rings. The van der Waals surface area contributed by atoms with Crippen molar-refractivity contribution < 1.29 is 21.6 Å². The highest BCUT2D eigenvalue weighted by Crippen LogP contribution is 2.29. The Balaban J connectivity index is 0.00000420. The molecule has 0 saturated carbocycles. The average Bonchev–Trinajstić information content (AvgIpc) is 3.18. The SMILES string of the molecule is CCNC(=NCc1cccc(C(F)(F)F)c1)NCCNS(=O)(=O)c1cccs1.I. The molecule has 29 heavy (non-hydrogen) atoms. The third-order valence-corrected chi connectivity index (χ3v) is 6.35. The molecule has 12 heteroatoms. The topological polar surface area (TPSA) is 82.6 Å². The van der Waals surface area contributed by atoms with Crippen LogP contribution in [0, 0.1) is 0 Å². The van der Waals surface area contributed by atoms with Crippen LogP contribution in [0.4, 0.5) is 13.2 Å². The first-order valence-electron chi connectivity index (χ1n) is 8.44. The molecule has 0 bridgehead atoms. The number of rotatable bonds is 8. The molecule has 0 unspecified atom stereocenters. The van der Waals surface area contributed by atoms with Crippen molar-refractivity contribution in [1.82, 2.24) is 15.4 Å². The summed E-state index contributed by atoms with van der Waals surface area (Å²) in [5.41, 5.74) is -0.299. The van der Waals surface area contributed by atoms with E-state index in [9.17, 15) is 21.6 Å². The number of nitrogens with zero attached hydrogens (tertiary/aromatic N) is 1. The van der Waals surface area contributed by atoms with Crippen LogP contribution in [-0.2, 0) is 22.7 Å². The molecular formula is C17H22F3IN4O2S2. The van der Waals surface area contributed by atoms with Gasteiger partial charge in [0.1, 0.15) is 4.21 Å². The summed E-state index contributed by atoms with van der Waals surface area (Å²) in [6.07, 6.45) is -4.40. The second-order valence-electron chi connectivity index (χ2n) is 5.65. The minimum absolute atomic E-state index is 0. The Hall–Kier alpha value is -1.38. The van der Waals surface area contributed by atoms with Gasteiger partial charge in [-0.1, -0.05) is 18.2 Å². The summed E-state index contributed by atoms with van der Waals surface area (Å²) in [5.74, 6) is 0.384. The van der Waals surface area contributed by atoms with Crippen molar-refractivity contribution >= 4 is 51.3 Å². The Bertz CT molecular complexity index is 888. The van der Waals surface area contributed by atoms with Crippen LogP contribution in [0.1, 0.15) is 18.1 Å². The standard InChI is InChI=1S/C17H21F3N4O2S2.HI/c1-2-21-16(22-8-9-24-28(25,26)15-7-4-10-27-15)23-12-13-5-3-6-14(11-13)17(18,19)20;/h3-7,10-11,24H,2,8-9,12H2,1H3,(H2,21,22,23);1H. The largest absolute Gasteiger partial charge is 0.416 e. The number of thiophene rings is 1. The first-order chi connectivity index (χ1) is 13.2. The number of sulfonamides is 1. The van der Waals surface area contributed by atoms with Gasteiger partial charge in [0.25, 0.3) is 0 Å². The van der Waals surface area contributed by atoms with Crippen LogP contribution in [0.25, 0.3) is 0 Å². The predicted molar refractivity (Wildman–Crippen MR) is 119 cm³/mol. The fourth-order valence-corrected chi connectivity index (χ4v) is 4.28. The van der Waals surface area contributed by atoms with Crippen molar-refractivity contribution in [3.05, 3.63) is 52.9 Å². The Morgan fingerprint density at radius 1 is 1.14 bits per heavy atom. The minimum atomic E-state index is -4.40. The van der Waals surface area contributed by atoms with Crippen molar-refractivity contribution in [3.8, 4) is 0 Å². The molecule has 2 rings (SSSR count). The molecule has 1 heterocycles. The van der Waals surface area contributed by atoms with E-state index >= 15 is 0 Å². The highest BCUT2D eigenvalue weighted by atomic mass is 127. The number of benzene rings is 1. The predicted octanol–water partition coefficient (Wildman–Crippen LogP) is 3.42. The quantitative estimate of drug-likeness (QED) is 0.200. The Labute approximate surface area is 189 Å². The normalized spacial score (nSPS) is 12.3. The maximum absolute atomic E-state index is 12.8. The van der Waals surface area contributed by atoms with Crippen LogP contribution in [-0.4, -0.2) is 34.0 Å². The van der Waals surface area contributed by atoms with Crippen LogP contribution in [0.2, 0.25) is 0 Å². The molecule has 6 nitrogen and oxygen atoms in total. The number of alkyl halides is 3. The lowest BCUT2D eigenvalue weighted by atomic mass is 10.1. The van der Waals surface area contributed by atoms with Crippen LogP contribution < -0.4 is 15.4 Å². The number of hydrogen-bond donors (Lipinski definition) is 3. The van der Waals surface area contributed by atoms with Gasteiger partial charge in [-0.3, -0.25) is 0 Å². The van der Waals surface area contributed by atoms with E-state index in [1.807, 2.05) is 6.92 Å². The van der Waals surface area contributed by atoms with E-state index in [-0.39, 0.29) is 47.8 Å². The first kappa shape index (κ1) is 25.7. The fourth-order valence-electron chi connectivity index (χ4n) is 2.21. The Morgan fingerprint density at radius 2 is 1.90 bits per heavy atom. The molecule has 3 N–H and O–H groups in total. The molecule has 0 aliphatic carbocycles. The lowest BCUT2D eigenvalue weighted by Gasteiger charge is -2.12. The number of halogens is 4. The van der Waals surface area contributed by atoms with Gasteiger partial charge >= 0.3 is 6.18 Å². The van der Waals surface area contributed by atoms with Gasteiger partial charge in [0.2, 0.25) is 10.0 Å². The smallest absolute Gasteiger partial charge is 0.357 e. The van der Waals surface area contributed by atoms with E-state index in [0.29, 0.717) is 18.1 Å². The van der Waals surface area contributed by atoms with Gasteiger partial charge in [-0.2, -0.15) is 13.2 Å². The van der Waals surface area contributed by atoms with Crippen LogP contribution >= 0.6 is 35.3 Å². The van der Waals surface area contributed by atoms with Crippen LogP contribution in [0.15, 0.2) is 51.0 Å². The second kappa shape index (κ2) is 11.7. The number of hydrogen-bond acceptors (Lipinski definition) is 4. The van der Waals surface area contributed by atoms with E-state index < -0.39 is 21.8 Å². The highest BCUT2D eigenvalue weighted by molar-refractivity contribution is 14.0. The zero-order valence-electron chi connectivity index (χ0n) is 15.5. The van der Waals surface area contributed by atoms with E-state index in [4.69, 9.17) is 0 Å². The molecule has 0 amide bonds. The summed E-state index contributed by atoms with van der Waals surface area (Å²) < 4.78 is 65.1. The van der Waals surface area contributed by atoms with E-state index in [2.05, 4.69) is 20.3 Å². The summed E-state index contributed by atoms with van der Waals surface area (Å²) in [7, 11) is -3.54. The summed E-state index contributed by atoms with van der Waals surface area (Å²) >= 11 is 1.12. The van der Waals surface area contributed by atoms with Crippen molar-refractivity contribution in [2.45, 2.75) is 23.9 Å². The van der Waals surface area contributed by atoms with Gasteiger partial charge in [0.15, 0.2) is 5.96 Å². The van der Waals surface area contributed by atoms with E-state index in [0.717, 1.165) is 23.5 Å². The molecule has 0 radical (unpaired) electrons. The molecule has 1 aromatic heterocycles. The molecular weight excluding hydrogens is 540 g/mol. The third-order valence-electron chi connectivity index (χ3n) is 3.49. The number of nitrogens with one attached hydrogen (secondary N) is 3. The van der Waals surface area contributed by atoms with Gasteiger partial charge in [-0.25, -0.2) is 18.1 Å². The van der Waals surface area contributed by atoms with Crippen molar-refractivity contribution in [2.75, 3.05) is 19.6 Å². The van der Waals surface area contributed by atoms with Gasteiger partial charge in [0.05, 0.1) is 12.1 Å². The third kappa shape index (κ3) is 8.48. The average molecular weight is 562 g/mol. The zero-order chi connectivity index (χ0) is 20.6. The van der Waals surface area contributed by atoms with Gasteiger partial charge < -0.3 is 10.6 Å². The van der Waals surface area contributed by atoms with E-state index in [1.165, 1.54) is 12.1 Å². The molecule has 162 valence electrons. The minimum Gasteiger partial charge on any atom is -0.357 e. The lowest BCUT2D eigenvalue weighted by molar-refractivity contribution is -0.137. The molecule has 0 fully saturated rings. The molecule has 0 saturated heterocycles. The summed E-state index contributed by atoms with van der Waals surface area (Å²) in [6.45, 7) is 2.85. The Kier molecular flexibility index (Phi) is 10.4. The molecule has 1 aromatic carbocycles. The fraction of sp³-hybridized carbons (Fsp3) is 0.353. The van der Waals surface area contributed by atoms with Gasteiger partial charge in [-0.05, 0) is 36.1 Å². The lowest BCUT2D eigenvalue weighted by Crippen LogP contribution is -2.41. The summed E-state index contributed by atoms with van der Waals surface area (Å²) in [5, 5.41) is 7.59. The molecule has 2 aromatic rings. The molecule has 0 spiro atoms. The summed E-state index contributed by atoms with van der Waals surface area (Å²) in [4.78, 5) is 4.24. The highest BCUT2D eigenvalue weighted by Gasteiger charge is 2.30. The molecule has 0 atom stereocenters. The maximum Gasteiger partial charge on any atom is 0.416 e. The van der Waals surface area contributed by atoms with Crippen molar-refractivity contribution in [1.29, 1.82) is 0 Å². The van der Waals surface area contributed by atoms with Crippen molar-refractivity contribution in [3.63, 3.8) is 0 Å². The van der Waals surface area contributed by atoms with Gasteiger partial charge in [0, 0.05) is 19.6 Å². The zero-order valence-corrected chi connectivity index (χ0v) is 19.5. The van der Waals surface area contributed by atoms with E-state index in [1.54, 1.807) is 17.5 Å². The summed E-state index contributed by atoms with van der Waals surface area (Å²) in [6, 6.07) is 8.14. The monoisotopic (exact) mass is 562 g/mol. The van der Waals surface area contributed by atoms with Crippen molar-refractivity contribution in [2.24, 2.45) is 4.99 Å².